The number of benzene rings is 1. The van der Waals surface area contributed by atoms with Gasteiger partial charge in [-0.1, -0.05) is 35.6 Å². The van der Waals surface area contributed by atoms with Gasteiger partial charge in [0.05, 0.1) is 18.7 Å². The highest BCUT2D eigenvalue weighted by Gasteiger charge is 2.27. The predicted octanol–water partition coefficient (Wildman–Crippen LogP) is 3.30. The number of thiazole rings is 1. The van der Waals surface area contributed by atoms with Crippen LogP contribution in [-0.4, -0.2) is 24.0 Å². The number of aryl methyl sites for hydroxylation is 2. The smallest absolute Gasteiger partial charge is 0.350 e. The summed E-state index contributed by atoms with van der Waals surface area (Å²) >= 11 is 1.15. The number of hydrogen-bond acceptors (Lipinski definition) is 5. The summed E-state index contributed by atoms with van der Waals surface area (Å²) in [6.07, 6.45) is 2.85. The Labute approximate surface area is 138 Å². The summed E-state index contributed by atoms with van der Waals surface area (Å²) in [4.78, 5) is 28.9. The number of rotatable bonds is 3. The number of esters is 1. The number of fused-ring (bicyclic) bond motifs is 1. The van der Waals surface area contributed by atoms with Crippen LogP contribution >= 0.6 is 11.3 Å². The molecule has 1 aliphatic carbocycles. The van der Waals surface area contributed by atoms with E-state index in [1.165, 1.54) is 12.7 Å². The summed E-state index contributed by atoms with van der Waals surface area (Å²) in [5, 5.41) is 3.29. The summed E-state index contributed by atoms with van der Waals surface area (Å²) in [6, 6.07) is 8.07. The minimum atomic E-state index is -0.427. The van der Waals surface area contributed by atoms with Gasteiger partial charge < -0.3 is 10.1 Å². The zero-order chi connectivity index (χ0) is 16.4. The Hall–Kier alpha value is -2.21. The maximum absolute atomic E-state index is 12.6. The van der Waals surface area contributed by atoms with E-state index in [2.05, 4.69) is 16.4 Å². The fourth-order valence-electron chi connectivity index (χ4n) is 2.95. The first kappa shape index (κ1) is 15.7. The fourth-order valence-corrected chi connectivity index (χ4v) is 3.84. The Morgan fingerprint density at radius 1 is 1.35 bits per heavy atom. The summed E-state index contributed by atoms with van der Waals surface area (Å²) in [6.45, 7) is 1.73. The first-order valence-corrected chi connectivity index (χ1v) is 8.36. The SMILES string of the molecule is COC(=O)c1sc(NC(=O)C2CCCc3ccccc32)nc1C. The molecule has 0 aliphatic heterocycles. The molecular weight excluding hydrogens is 312 g/mol. The molecule has 1 heterocycles. The minimum absolute atomic E-state index is 0.0673. The average molecular weight is 330 g/mol. The minimum Gasteiger partial charge on any atom is -0.465 e. The lowest BCUT2D eigenvalue weighted by Crippen LogP contribution is -2.24. The van der Waals surface area contributed by atoms with Gasteiger partial charge in [-0.2, -0.15) is 0 Å². The number of aromatic nitrogens is 1. The molecule has 6 heteroatoms. The van der Waals surface area contributed by atoms with Gasteiger partial charge in [0.1, 0.15) is 4.88 Å². The first-order valence-electron chi connectivity index (χ1n) is 7.54. The van der Waals surface area contributed by atoms with Crippen molar-refractivity contribution in [1.29, 1.82) is 0 Å². The van der Waals surface area contributed by atoms with E-state index in [9.17, 15) is 9.59 Å². The Morgan fingerprint density at radius 2 is 2.13 bits per heavy atom. The standard InChI is InChI=1S/C17H18N2O3S/c1-10-14(16(21)22-2)23-17(18-10)19-15(20)13-9-5-7-11-6-3-4-8-12(11)13/h3-4,6,8,13H,5,7,9H2,1-2H3,(H,18,19,20). The molecular formula is C17H18N2O3S. The Bertz CT molecular complexity index is 754. The van der Waals surface area contributed by atoms with Crippen molar-refractivity contribution in [3.8, 4) is 0 Å². The van der Waals surface area contributed by atoms with E-state index in [1.807, 2.05) is 18.2 Å². The molecule has 23 heavy (non-hydrogen) atoms. The van der Waals surface area contributed by atoms with Gasteiger partial charge in [-0.3, -0.25) is 4.79 Å². The van der Waals surface area contributed by atoms with Gasteiger partial charge in [0.15, 0.2) is 5.13 Å². The van der Waals surface area contributed by atoms with Gasteiger partial charge in [-0.15, -0.1) is 0 Å². The molecule has 0 fully saturated rings. The molecule has 1 aromatic carbocycles. The fraction of sp³-hybridized carbons (Fsp3) is 0.353. The number of carbonyl (C=O) groups excluding carboxylic acids is 2. The second kappa shape index (κ2) is 6.50. The summed E-state index contributed by atoms with van der Waals surface area (Å²) in [5.74, 6) is -0.656. The number of nitrogens with zero attached hydrogens (tertiary/aromatic N) is 1. The third-order valence-electron chi connectivity index (χ3n) is 4.08. The van der Waals surface area contributed by atoms with Gasteiger partial charge in [0.2, 0.25) is 5.91 Å². The topological polar surface area (TPSA) is 68.3 Å². The lowest BCUT2D eigenvalue weighted by atomic mass is 9.82. The molecule has 0 radical (unpaired) electrons. The van der Waals surface area contributed by atoms with Gasteiger partial charge in [0, 0.05) is 0 Å². The average Bonchev–Trinajstić information content (AvgIpc) is 2.93. The Balaban J connectivity index is 1.79. The van der Waals surface area contributed by atoms with Gasteiger partial charge in [0.25, 0.3) is 0 Å². The molecule has 2 aromatic rings. The normalized spacial score (nSPS) is 16.5. The number of anilines is 1. The van der Waals surface area contributed by atoms with Crippen molar-refractivity contribution in [2.24, 2.45) is 0 Å². The second-order valence-electron chi connectivity index (χ2n) is 5.56. The molecule has 1 amide bonds. The van der Waals surface area contributed by atoms with Crippen molar-refractivity contribution >= 4 is 28.3 Å². The van der Waals surface area contributed by atoms with E-state index in [-0.39, 0.29) is 11.8 Å². The number of carbonyl (C=O) groups is 2. The predicted molar refractivity (Wildman–Crippen MR) is 88.9 cm³/mol. The maximum Gasteiger partial charge on any atom is 0.350 e. The highest BCUT2D eigenvalue weighted by atomic mass is 32.1. The molecule has 1 aliphatic rings. The van der Waals surface area contributed by atoms with Crippen LogP contribution < -0.4 is 5.32 Å². The van der Waals surface area contributed by atoms with Crippen LogP contribution in [0.15, 0.2) is 24.3 Å². The molecule has 5 nitrogen and oxygen atoms in total. The summed E-state index contributed by atoms with van der Waals surface area (Å²) in [5.41, 5.74) is 2.91. The molecule has 1 atom stereocenters. The van der Waals surface area contributed by atoms with E-state index in [0.29, 0.717) is 15.7 Å². The van der Waals surface area contributed by atoms with Crippen LogP contribution in [0.2, 0.25) is 0 Å². The summed E-state index contributed by atoms with van der Waals surface area (Å²) in [7, 11) is 1.33. The van der Waals surface area contributed by atoms with Crippen molar-refractivity contribution in [3.63, 3.8) is 0 Å². The van der Waals surface area contributed by atoms with Crippen LogP contribution in [0.3, 0.4) is 0 Å². The maximum atomic E-state index is 12.6. The highest BCUT2D eigenvalue weighted by Crippen LogP contribution is 2.33. The third-order valence-corrected chi connectivity index (χ3v) is 5.14. The Morgan fingerprint density at radius 3 is 2.91 bits per heavy atom. The van der Waals surface area contributed by atoms with E-state index >= 15 is 0 Å². The highest BCUT2D eigenvalue weighted by molar-refractivity contribution is 7.17. The van der Waals surface area contributed by atoms with Crippen molar-refractivity contribution in [2.45, 2.75) is 32.1 Å². The quantitative estimate of drug-likeness (QED) is 0.877. The number of ether oxygens (including phenoxy) is 1. The lowest BCUT2D eigenvalue weighted by Gasteiger charge is -2.24. The zero-order valence-electron chi connectivity index (χ0n) is 13.1. The monoisotopic (exact) mass is 330 g/mol. The molecule has 0 saturated heterocycles. The number of hydrogen-bond donors (Lipinski definition) is 1. The largest absolute Gasteiger partial charge is 0.465 e. The zero-order valence-corrected chi connectivity index (χ0v) is 13.9. The Kier molecular flexibility index (Phi) is 4.43. The van der Waals surface area contributed by atoms with Gasteiger partial charge in [-0.05, 0) is 37.3 Å². The van der Waals surface area contributed by atoms with E-state index in [4.69, 9.17) is 4.74 Å². The molecule has 3 rings (SSSR count). The molecule has 0 saturated carbocycles. The van der Waals surface area contributed by atoms with Crippen LogP contribution in [-0.2, 0) is 16.0 Å². The molecule has 0 bridgehead atoms. The van der Waals surface area contributed by atoms with Crippen molar-refractivity contribution in [3.05, 3.63) is 46.0 Å². The first-order chi connectivity index (χ1) is 11.1. The molecule has 0 spiro atoms. The molecule has 1 N–H and O–H groups in total. The molecule has 1 unspecified atom stereocenters. The molecule has 1 aromatic heterocycles. The van der Waals surface area contributed by atoms with Crippen molar-refractivity contribution in [1.82, 2.24) is 4.98 Å². The van der Waals surface area contributed by atoms with Gasteiger partial charge in [-0.25, -0.2) is 9.78 Å². The van der Waals surface area contributed by atoms with Gasteiger partial charge >= 0.3 is 5.97 Å². The van der Waals surface area contributed by atoms with Crippen molar-refractivity contribution < 1.29 is 14.3 Å². The van der Waals surface area contributed by atoms with E-state index in [0.717, 1.165) is 36.2 Å². The van der Waals surface area contributed by atoms with E-state index < -0.39 is 5.97 Å². The van der Waals surface area contributed by atoms with E-state index in [1.54, 1.807) is 6.92 Å². The number of methoxy groups -OCH3 is 1. The second-order valence-corrected chi connectivity index (χ2v) is 6.56. The number of amides is 1. The number of nitrogens with one attached hydrogen (secondary N) is 1. The van der Waals surface area contributed by atoms with Crippen LogP contribution in [0.1, 0.15) is 45.3 Å². The van der Waals surface area contributed by atoms with Crippen LogP contribution in [0.4, 0.5) is 5.13 Å². The van der Waals surface area contributed by atoms with Crippen LogP contribution in [0.25, 0.3) is 0 Å². The van der Waals surface area contributed by atoms with Crippen molar-refractivity contribution in [2.75, 3.05) is 12.4 Å². The van der Waals surface area contributed by atoms with Crippen LogP contribution in [0.5, 0.6) is 0 Å². The summed E-state index contributed by atoms with van der Waals surface area (Å²) < 4.78 is 4.72. The molecule has 120 valence electrons. The van der Waals surface area contributed by atoms with Crippen LogP contribution in [0, 0.1) is 6.92 Å². The third kappa shape index (κ3) is 3.12. The lowest BCUT2D eigenvalue weighted by molar-refractivity contribution is -0.117.